The van der Waals surface area contributed by atoms with Gasteiger partial charge in [0, 0.05) is 13.1 Å². The standard InChI is InChI=1S/C14H23N3O2/c1-3-8-17(10-12-4-6-15-7-5-12)14(18)13-9-16-19-11(13)2/h9,12,15H,3-8,10H2,1-2H3. The highest BCUT2D eigenvalue weighted by Crippen LogP contribution is 2.17. The van der Waals surface area contributed by atoms with Crippen LogP contribution < -0.4 is 5.32 Å². The van der Waals surface area contributed by atoms with Crippen LogP contribution in [-0.4, -0.2) is 42.1 Å². The molecule has 0 saturated carbocycles. The molecule has 1 N–H and O–H groups in total. The third-order valence-electron chi connectivity index (χ3n) is 3.70. The minimum Gasteiger partial charge on any atom is -0.361 e. The van der Waals surface area contributed by atoms with Crippen molar-refractivity contribution in [3.8, 4) is 0 Å². The van der Waals surface area contributed by atoms with E-state index in [1.54, 1.807) is 6.92 Å². The lowest BCUT2D eigenvalue weighted by Crippen LogP contribution is -2.39. The number of carbonyl (C=O) groups excluding carboxylic acids is 1. The summed E-state index contributed by atoms with van der Waals surface area (Å²) in [6, 6.07) is 0. The zero-order valence-corrected chi connectivity index (χ0v) is 11.8. The van der Waals surface area contributed by atoms with Crippen LogP contribution in [0.5, 0.6) is 0 Å². The van der Waals surface area contributed by atoms with Crippen molar-refractivity contribution >= 4 is 5.91 Å². The van der Waals surface area contributed by atoms with Gasteiger partial charge in [-0.3, -0.25) is 4.79 Å². The van der Waals surface area contributed by atoms with Crippen LogP contribution in [0.1, 0.15) is 42.3 Å². The van der Waals surface area contributed by atoms with E-state index in [0.29, 0.717) is 17.2 Å². The van der Waals surface area contributed by atoms with Gasteiger partial charge < -0.3 is 14.7 Å². The van der Waals surface area contributed by atoms with Gasteiger partial charge in [0.2, 0.25) is 0 Å². The highest BCUT2D eigenvalue weighted by atomic mass is 16.5. The predicted molar refractivity (Wildman–Crippen MR) is 73.0 cm³/mol. The molecule has 1 fully saturated rings. The van der Waals surface area contributed by atoms with Crippen molar-refractivity contribution in [2.75, 3.05) is 26.2 Å². The number of piperidine rings is 1. The van der Waals surface area contributed by atoms with E-state index in [9.17, 15) is 4.79 Å². The fourth-order valence-electron chi connectivity index (χ4n) is 2.60. The molecule has 5 heteroatoms. The fraction of sp³-hybridized carbons (Fsp3) is 0.714. The molecule has 1 aromatic rings. The highest BCUT2D eigenvalue weighted by Gasteiger charge is 2.23. The lowest BCUT2D eigenvalue weighted by atomic mass is 9.97. The zero-order chi connectivity index (χ0) is 13.7. The average Bonchev–Trinajstić information content (AvgIpc) is 2.85. The number of hydrogen-bond donors (Lipinski definition) is 1. The first-order chi connectivity index (χ1) is 9.22. The normalized spacial score (nSPS) is 16.5. The summed E-state index contributed by atoms with van der Waals surface area (Å²) in [5.41, 5.74) is 0.599. The lowest BCUT2D eigenvalue weighted by Gasteiger charge is -2.29. The Labute approximate surface area is 114 Å². The molecule has 19 heavy (non-hydrogen) atoms. The van der Waals surface area contributed by atoms with Gasteiger partial charge in [0.15, 0.2) is 0 Å². The Bertz CT molecular complexity index is 411. The van der Waals surface area contributed by atoms with Gasteiger partial charge >= 0.3 is 0 Å². The number of nitrogens with one attached hydrogen (secondary N) is 1. The smallest absolute Gasteiger partial charge is 0.259 e. The van der Waals surface area contributed by atoms with Crippen LogP contribution in [0.3, 0.4) is 0 Å². The molecule has 2 rings (SSSR count). The molecule has 1 aliphatic rings. The summed E-state index contributed by atoms with van der Waals surface area (Å²) in [4.78, 5) is 14.5. The first kappa shape index (κ1) is 14.1. The fourth-order valence-corrected chi connectivity index (χ4v) is 2.60. The van der Waals surface area contributed by atoms with Gasteiger partial charge in [-0.05, 0) is 45.2 Å². The minimum absolute atomic E-state index is 0.0548. The summed E-state index contributed by atoms with van der Waals surface area (Å²) in [6.07, 6.45) is 4.80. The zero-order valence-electron chi connectivity index (χ0n) is 11.8. The quantitative estimate of drug-likeness (QED) is 0.882. The predicted octanol–water partition coefficient (Wildman–Crippen LogP) is 1.83. The molecule has 0 aliphatic carbocycles. The molecule has 0 spiro atoms. The number of hydrogen-bond acceptors (Lipinski definition) is 4. The van der Waals surface area contributed by atoms with Crippen LogP contribution in [-0.2, 0) is 0 Å². The SMILES string of the molecule is CCCN(CC1CCNCC1)C(=O)c1cnoc1C. The second-order valence-corrected chi connectivity index (χ2v) is 5.24. The third-order valence-corrected chi connectivity index (χ3v) is 3.70. The van der Waals surface area contributed by atoms with Crippen molar-refractivity contribution in [2.24, 2.45) is 5.92 Å². The maximum atomic E-state index is 12.5. The van der Waals surface area contributed by atoms with E-state index in [1.165, 1.54) is 6.20 Å². The summed E-state index contributed by atoms with van der Waals surface area (Å²) in [5, 5.41) is 7.06. The van der Waals surface area contributed by atoms with Crippen molar-refractivity contribution in [3.05, 3.63) is 17.5 Å². The summed E-state index contributed by atoms with van der Waals surface area (Å²) in [7, 11) is 0. The van der Waals surface area contributed by atoms with E-state index in [4.69, 9.17) is 4.52 Å². The Morgan fingerprint density at radius 3 is 2.84 bits per heavy atom. The van der Waals surface area contributed by atoms with Gasteiger partial charge in [0.1, 0.15) is 11.3 Å². The molecule has 5 nitrogen and oxygen atoms in total. The van der Waals surface area contributed by atoms with Crippen LogP contribution in [0.15, 0.2) is 10.7 Å². The third kappa shape index (κ3) is 3.56. The summed E-state index contributed by atoms with van der Waals surface area (Å²) in [5.74, 6) is 1.27. The topological polar surface area (TPSA) is 58.4 Å². The van der Waals surface area contributed by atoms with Crippen molar-refractivity contribution in [1.82, 2.24) is 15.4 Å². The Balaban J connectivity index is 2.02. The average molecular weight is 265 g/mol. The molecule has 106 valence electrons. The molecule has 1 saturated heterocycles. The van der Waals surface area contributed by atoms with E-state index < -0.39 is 0 Å². The molecule has 0 aromatic carbocycles. The molecule has 0 bridgehead atoms. The molecule has 2 heterocycles. The van der Waals surface area contributed by atoms with Crippen LogP contribution in [0, 0.1) is 12.8 Å². The Kier molecular flexibility index (Phi) is 4.96. The lowest BCUT2D eigenvalue weighted by molar-refractivity contribution is 0.0714. The van der Waals surface area contributed by atoms with E-state index in [2.05, 4.69) is 17.4 Å². The largest absolute Gasteiger partial charge is 0.361 e. The highest BCUT2D eigenvalue weighted by molar-refractivity contribution is 5.94. The van der Waals surface area contributed by atoms with Gasteiger partial charge in [-0.2, -0.15) is 0 Å². The van der Waals surface area contributed by atoms with Crippen LogP contribution in [0.4, 0.5) is 0 Å². The maximum absolute atomic E-state index is 12.5. The summed E-state index contributed by atoms with van der Waals surface area (Å²) >= 11 is 0. The summed E-state index contributed by atoms with van der Waals surface area (Å²) in [6.45, 7) is 7.65. The molecule has 1 amide bonds. The van der Waals surface area contributed by atoms with Gasteiger partial charge in [-0.1, -0.05) is 12.1 Å². The summed E-state index contributed by atoms with van der Waals surface area (Å²) < 4.78 is 5.00. The molecular weight excluding hydrogens is 242 g/mol. The van der Waals surface area contributed by atoms with Crippen LogP contribution >= 0.6 is 0 Å². The van der Waals surface area contributed by atoms with Crippen molar-refractivity contribution < 1.29 is 9.32 Å². The number of rotatable bonds is 5. The second-order valence-electron chi connectivity index (χ2n) is 5.24. The Morgan fingerprint density at radius 2 is 2.26 bits per heavy atom. The van der Waals surface area contributed by atoms with E-state index in [0.717, 1.165) is 45.4 Å². The van der Waals surface area contributed by atoms with E-state index in [-0.39, 0.29) is 5.91 Å². The Morgan fingerprint density at radius 1 is 1.53 bits per heavy atom. The van der Waals surface area contributed by atoms with E-state index in [1.807, 2.05) is 4.90 Å². The van der Waals surface area contributed by atoms with Gasteiger partial charge in [-0.15, -0.1) is 0 Å². The van der Waals surface area contributed by atoms with Crippen molar-refractivity contribution in [1.29, 1.82) is 0 Å². The number of aryl methyl sites for hydroxylation is 1. The molecular formula is C14H23N3O2. The van der Waals surface area contributed by atoms with Crippen LogP contribution in [0.25, 0.3) is 0 Å². The van der Waals surface area contributed by atoms with Gasteiger partial charge in [0.25, 0.3) is 5.91 Å². The molecule has 1 aliphatic heterocycles. The first-order valence-electron chi connectivity index (χ1n) is 7.13. The monoisotopic (exact) mass is 265 g/mol. The molecule has 1 aromatic heterocycles. The van der Waals surface area contributed by atoms with Gasteiger partial charge in [-0.25, -0.2) is 0 Å². The number of aromatic nitrogens is 1. The van der Waals surface area contributed by atoms with Crippen molar-refractivity contribution in [2.45, 2.75) is 33.1 Å². The number of nitrogens with zero attached hydrogens (tertiary/aromatic N) is 2. The molecule has 0 unspecified atom stereocenters. The number of amides is 1. The molecule has 0 atom stereocenters. The molecule has 0 radical (unpaired) electrons. The first-order valence-corrected chi connectivity index (χ1v) is 7.13. The van der Waals surface area contributed by atoms with Crippen molar-refractivity contribution in [3.63, 3.8) is 0 Å². The van der Waals surface area contributed by atoms with Crippen LogP contribution in [0.2, 0.25) is 0 Å². The number of carbonyl (C=O) groups is 1. The van der Waals surface area contributed by atoms with E-state index >= 15 is 0 Å². The minimum atomic E-state index is 0.0548. The van der Waals surface area contributed by atoms with Gasteiger partial charge in [0.05, 0.1) is 6.20 Å². The second kappa shape index (κ2) is 6.70. The Hall–Kier alpha value is -1.36. The maximum Gasteiger partial charge on any atom is 0.259 e.